The van der Waals surface area contributed by atoms with Crippen LogP contribution in [-0.4, -0.2) is 9.97 Å². The number of benzene rings is 3. The molecule has 0 unspecified atom stereocenters. The zero-order valence-corrected chi connectivity index (χ0v) is 15.1. The van der Waals surface area contributed by atoms with E-state index in [2.05, 4.69) is 9.97 Å². The van der Waals surface area contributed by atoms with Crippen molar-refractivity contribution in [3.63, 3.8) is 0 Å². The second-order valence-corrected chi connectivity index (χ2v) is 6.57. The van der Waals surface area contributed by atoms with Crippen molar-refractivity contribution in [3.05, 3.63) is 90.0 Å². The van der Waals surface area contributed by atoms with Crippen LogP contribution in [0.15, 0.2) is 78.9 Å². The minimum Gasteiger partial charge on any atom is -0.337 e. The van der Waals surface area contributed by atoms with E-state index in [1.165, 1.54) is 6.07 Å². The Bertz CT molecular complexity index is 1110. The zero-order chi connectivity index (χ0) is 19.7. The molecule has 0 saturated heterocycles. The summed E-state index contributed by atoms with van der Waals surface area (Å²) in [4.78, 5) is 8.01. The topological polar surface area (TPSA) is 28.7 Å². The Morgan fingerprint density at radius 2 is 1.46 bits per heavy atom. The van der Waals surface area contributed by atoms with Gasteiger partial charge in [-0.05, 0) is 24.6 Å². The molecule has 28 heavy (non-hydrogen) atoms. The Balaban J connectivity index is 1.93. The number of H-pyrrole nitrogens is 1. The van der Waals surface area contributed by atoms with Gasteiger partial charge in [-0.1, -0.05) is 66.7 Å². The van der Waals surface area contributed by atoms with Gasteiger partial charge >= 0.3 is 6.18 Å². The van der Waals surface area contributed by atoms with Crippen LogP contribution >= 0.6 is 0 Å². The Morgan fingerprint density at radius 3 is 2.18 bits per heavy atom. The number of alkyl halides is 3. The number of aromatic amines is 1. The van der Waals surface area contributed by atoms with Gasteiger partial charge in [0.15, 0.2) is 0 Å². The van der Waals surface area contributed by atoms with E-state index >= 15 is 0 Å². The normalized spacial score (nSPS) is 11.6. The Kier molecular flexibility index (Phi) is 4.51. The van der Waals surface area contributed by atoms with Crippen molar-refractivity contribution in [1.82, 2.24) is 9.97 Å². The molecule has 0 aliphatic carbocycles. The van der Waals surface area contributed by atoms with Gasteiger partial charge in [-0.15, -0.1) is 0 Å². The van der Waals surface area contributed by atoms with Gasteiger partial charge < -0.3 is 4.98 Å². The molecule has 0 aliphatic rings. The fourth-order valence-electron chi connectivity index (χ4n) is 3.20. The number of nitrogens with zero attached hydrogens (tertiary/aromatic N) is 1. The van der Waals surface area contributed by atoms with Crippen LogP contribution in [0.4, 0.5) is 13.2 Å². The Hall–Kier alpha value is -3.34. The summed E-state index contributed by atoms with van der Waals surface area (Å²) in [6, 6.07) is 22.5. The van der Waals surface area contributed by atoms with E-state index in [0.29, 0.717) is 22.8 Å². The van der Waals surface area contributed by atoms with Crippen molar-refractivity contribution in [2.75, 3.05) is 0 Å². The van der Waals surface area contributed by atoms with Crippen LogP contribution in [0, 0.1) is 6.92 Å². The molecule has 3 aromatic carbocycles. The third kappa shape index (κ3) is 3.43. The second kappa shape index (κ2) is 7.00. The molecule has 1 aromatic heterocycles. The highest BCUT2D eigenvalue weighted by Gasteiger charge is 2.31. The molecule has 1 heterocycles. The van der Waals surface area contributed by atoms with E-state index in [4.69, 9.17) is 0 Å². The minimum absolute atomic E-state index is 0.421. The zero-order valence-electron chi connectivity index (χ0n) is 15.1. The summed E-state index contributed by atoms with van der Waals surface area (Å²) in [5.74, 6) is 0.629. The largest absolute Gasteiger partial charge is 0.416 e. The number of nitrogens with one attached hydrogen (secondary N) is 1. The first-order chi connectivity index (χ1) is 13.4. The van der Waals surface area contributed by atoms with Gasteiger partial charge in [-0.25, -0.2) is 4.98 Å². The summed E-state index contributed by atoms with van der Waals surface area (Å²) in [5.41, 5.74) is 3.73. The van der Waals surface area contributed by atoms with Crippen LogP contribution in [0.2, 0.25) is 0 Å². The van der Waals surface area contributed by atoms with E-state index in [9.17, 15) is 13.2 Å². The standard InChI is InChI=1S/C23H17F3N2/c1-15-8-5-6-13-19(15)22-27-20(16-9-3-2-4-10-16)21(28-22)17-11-7-12-18(14-17)23(24,25)26/h2-14H,1H3,(H,27,28). The SMILES string of the molecule is Cc1ccccc1-c1nc(-c2cccc(C(F)(F)F)c2)c(-c2ccccc2)[nH]1. The molecule has 0 saturated carbocycles. The van der Waals surface area contributed by atoms with Crippen LogP contribution in [0.3, 0.4) is 0 Å². The number of hydrogen-bond acceptors (Lipinski definition) is 1. The van der Waals surface area contributed by atoms with Gasteiger partial charge in [0.1, 0.15) is 5.82 Å². The first-order valence-electron chi connectivity index (χ1n) is 8.82. The third-order valence-electron chi connectivity index (χ3n) is 4.63. The molecule has 0 radical (unpaired) electrons. The molecule has 4 aromatic rings. The Labute approximate surface area is 160 Å². The highest BCUT2D eigenvalue weighted by Crippen LogP contribution is 2.36. The van der Waals surface area contributed by atoms with E-state index in [1.54, 1.807) is 6.07 Å². The lowest BCUT2D eigenvalue weighted by atomic mass is 10.0. The number of imidazole rings is 1. The smallest absolute Gasteiger partial charge is 0.337 e. The first kappa shape index (κ1) is 18.0. The van der Waals surface area contributed by atoms with Crippen LogP contribution in [0.25, 0.3) is 33.9 Å². The van der Waals surface area contributed by atoms with Gasteiger partial charge in [0.25, 0.3) is 0 Å². The van der Waals surface area contributed by atoms with Gasteiger partial charge in [0.05, 0.1) is 17.0 Å². The molecule has 1 N–H and O–H groups in total. The molecule has 4 rings (SSSR count). The summed E-state index contributed by atoms with van der Waals surface area (Å²) in [6.07, 6.45) is -4.40. The fraction of sp³-hybridized carbons (Fsp3) is 0.0870. The van der Waals surface area contributed by atoms with Crippen LogP contribution < -0.4 is 0 Å². The van der Waals surface area contributed by atoms with Gasteiger partial charge in [-0.3, -0.25) is 0 Å². The maximum absolute atomic E-state index is 13.2. The number of hydrogen-bond donors (Lipinski definition) is 1. The summed E-state index contributed by atoms with van der Waals surface area (Å²) in [7, 11) is 0. The van der Waals surface area contributed by atoms with Crippen LogP contribution in [-0.2, 0) is 6.18 Å². The van der Waals surface area contributed by atoms with E-state index in [1.807, 2.05) is 61.5 Å². The molecule has 5 heteroatoms. The summed E-state index contributed by atoms with van der Waals surface area (Å²) in [5, 5.41) is 0. The molecule has 0 aliphatic heterocycles. The van der Waals surface area contributed by atoms with Crippen molar-refractivity contribution in [2.45, 2.75) is 13.1 Å². The third-order valence-corrected chi connectivity index (χ3v) is 4.63. The van der Waals surface area contributed by atoms with Crippen molar-refractivity contribution in [1.29, 1.82) is 0 Å². The molecule has 2 nitrogen and oxygen atoms in total. The predicted octanol–water partition coefficient (Wildman–Crippen LogP) is 6.74. The van der Waals surface area contributed by atoms with Crippen molar-refractivity contribution < 1.29 is 13.2 Å². The van der Waals surface area contributed by atoms with Gasteiger partial charge in [0, 0.05) is 16.7 Å². The van der Waals surface area contributed by atoms with Crippen LogP contribution in [0.5, 0.6) is 0 Å². The molecule has 0 bridgehead atoms. The lowest BCUT2D eigenvalue weighted by molar-refractivity contribution is -0.137. The van der Waals surface area contributed by atoms with Crippen molar-refractivity contribution >= 4 is 0 Å². The van der Waals surface area contributed by atoms with E-state index in [-0.39, 0.29) is 0 Å². The number of halogens is 3. The molecule has 0 amide bonds. The molecule has 0 atom stereocenters. The van der Waals surface area contributed by atoms with E-state index < -0.39 is 11.7 Å². The maximum atomic E-state index is 13.2. The summed E-state index contributed by atoms with van der Waals surface area (Å²) >= 11 is 0. The highest BCUT2D eigenvalue weighted by atomic mass is 19.4. The molecular formula is C23H17F3N2. The fourth-order valence-corrected chi connectivity index (χ4v) is 3.20. The van der Waals surface area contributed by atoms with Gasteiger partial charge in [0.2, 0.25) is 0 Å². The Morgan fingerprint density at radius 1 is 0.786 bits per heavy atom. The lowest BCUT2D eigenvalue weighted by Crippen LogP contribution is -2.04. The quantitative estimate of drug-likeness (QED) is 0.420. The molecule has 0 fully saturated rings. The first-order valence-corrected chi connectivity index (χ1v) is 8.82. The average molecular weight is 378 g/mol. The minimum atomic E-state index is -4.40. The summed E-state index contributed by atoms with van der Waals surface area (Å²) in [6.45, 7) is 1.98. The van der Waals surface area contributed by atoms with Crippen molar-refractivity contribution in [2.24, 2.45) is 0 Å². The van der Waals surface area contributed by atoms with E-state index in [0.717, 1.165) is 28.8 Å². The van der Waals surface area contributed by atoms with Crippen LogP contribution in [0.1, 0.15) is 11.1 Å². The highest BCUT2D eigenvalue weighted by molar-refractivity contribution is 5.81. The van der Waals surface area contributed by atoms with Crippen molar-refractivity contribution in [3.8, 4) is 33.9 Å². The maximum Gasteiger partial charge on any atom is 0.416 e. The second-order valence-electron chi connectivity index (χ2n) is 6.57. The number of rotatable bonds is 3. The van der Waals surface area contributed by atoms with Gasteiger partial charge in [-0.2, -0.15) is 13.2 Å². The molecule has 0 spiro atoms. The number of aryl methyl sites for hydroxylation is 1. The molecule has 140 valence electrons. The average Bonchev–Trinajstić information content (AvgIpc) is 3.14. The monoisotopic (exact) mass is 378 g/mol. The lowest BCUT2D eigenvalue weighted by Gasteiger charge is -2.08. The predicted molar refractivity (Wildman–Crippen MR) is 105 cm³/mol. The summed E-state index contributed by atoms with van der Waals surface area (Å²) < 4.78 is 39.6. The molecular weight excluding hydrogens is 361 g/mol. The number of aromatic nitrogens is 2.